The number of carbonyl (C=O) groups excluding carboxylic acids is 1. The Morgan fingerprint density at radius 1 is 1.12 bits per heavy atom. The third-order valence-electron chi connectivity index (χ3n) is 5.09. The van der Waals surface area contributed by atoms with Crippen molar-refractivity contribution >= 4 is 17.6 Å². The number of nitrogens with one attached hydrogen (secondary N) is 1. The highest BCUT2D eigenvalue weighted by atomic mass is 35.5. The van der Waals surface area contributed by atoms with Gasteiger partial charge in [-0.25, -0.2) is 4.79 Å². The average molecular weight is 474 g/mol. The Morgan fingerprint density at radius 2 is 1.85 bits per heavy atom. The van der Waals surface area contributed by atoms with Gasteiger partial charge in [-0.2, -0.15) is 10.4 Å². The number of hydrogen-bond acceptors (Lipinski definition) is 6. The lowest BCUT2D eigenvalue weighted by molar-refractivity contribution is 0.0520. The van der Waals surface area contributed by atoms with Crippen molar-refractivity contribution in [2.75, 3.05) is 6.61 Å². The molecule has 1 heterocycles. The summed E-state index contributed by atoms with van der Waals surface area (Å²) >= 11 is 5.91. The number of nitriles is 1. The summed E-state index contributed by atoms with van der Waals surface area (Å²) in [4.78, 5) is 12.5. The smallest absolute Gasteiger partial charge is 0.357 e. The average Bonchev–Trinajstić information content (AvgIpc) is 3.29. The van der Waals surface area contributed by atoms with Gasteiger partial charge in [-0.1, -0.05) is 35.9 Å². The number of carbonyl (C=O) groups is 1. The highest BCUT2D eigenvalue weighted by Crippen LogP contribution is 2.39. The van der Waals surface area contributed by atoms with Crippen molar-refractivity contribution in [1.29, 1.82) is 5.26 Å². The van der Waals surface area contributed by atoms with E-state index in [1.165, 1.54) is 6.07 Å². The molecule has 7 nitrogen and oxygen atoms in total. The number of ether oxygens (including phenoxy) is 2. The Balaban J connectivity index is 1.68. The van der Waals surface area contributed by atoms with E-state index >= 15 is 0 Å². The molecule has 3 aromatic carbocycles. The molecule has 0 bridgehead atoms. The van der Waals surface area contributed by atoms with Crippen molar-refractivity contribution < 1.29 is 19.4 Å². The molecule has 0 aliphatic carbocycles. The minimum absolute atomic E-state index is 0.0644. The number of phenolic OH excluding ortho intramolecular Hbond substituents is 1. The van der Waals surface area contributed by atoms with Crippen molar-refractivity contribution in [2.24, 2.45) is 0 Å². The van der Waals surface area contributed by atoms with Gasteiger partial charge in [0, 0.05) is 22.2 Å². The quantitative estimate of drug-likeness (QED) is 0.332. The highest BCUT2D eigenvalue weighted by Gasteiger charge is 2.24. The molecule has 0 spiro atoms. The van der Waals surface area contributed by atoms with Crippen LogP contribution in [0, 0.1) is 11.3 Å². The van der Waals surface area contributed by atoms with Gasteiger partial charge in [-0.15, -0.1) is 0 Å². The van der Waals surface area contributed by atoms with E-state index in [9.17, 15) is 9.90 Å². The van der Waals surface area contributed by atoms with E-state index < -0.39 is 5.97 Å². The van der Waals surface area contributed by atoms with Crippen LogP contribution in [0.3, 0.4) is 0 Å². The van der Waals surface area contributed by atoms with Gasteiger partial charge in [-0.05, 0) is 54.4 Å². The predicted octanol–water partition coefficient (Wildman–Crippen LogP) is 5.73. The maximum atomic E-state index is 12.5. The van der Waals surface area contributed by atoms with Gasteiger partial charge in [0.2, 0.25) is 0 Å². The summed E-state index contributed by atoms with van der Waals surface area (Å²) in [6.45, 7) is 2.22. The van der Waals surface area contributed by atoms with Gasteiger partial charge in [0.05, 0.1) is 18.2 Å². The molecule has 0 radical (unpaired) electrons. The zero-order valence-corrected chi connectivity index (χ0v) is 19.0. The first-order valence-electron chi connectivity index (χ1n) is 10.5. The van der Waals surface area contributed by atoms with Gasteiger partial charge in [-0.3, -0.25) is 5.10 Å². The van der Waals surface area contributed by atoms with Crippen molar-refractivity contribution in [3.05, 3.63) is 88.6 Å². The van der Waals surface area contributed by atoms with Gasteiger partial charge in [0.15, 0.2) is 5.69 Å². The molecule has 0 unspecified atom stereocenters. The first kappa shape index (κ1) is 22.9. The number of nitrogens with zero attached hydrogens (tertiary/aromatic N) is 2. The van der Waals surface area contributed by atoms with Crippen LogP contribution in [0.2, 0.25) is 5.02 Å². The van der Waals surface area contributed by atoms with Crippen molar-refractivity contribution in [3.63, 3.8) is 0 Å². The SMILES string of the molecule is CCOC(=O)c1[nH]nc(-c2ccc(OCc3ccc(Cl)cc3)cc2O)c1-c1ccc(C#N)cc1. The van der Waals surface area contributed by atoms with Crippen molar-refractivity contribution in [3.8, 4) is 40.0 Å². The fourth-order valence-corrected chi connectivity index (χ4v) is 3.56. The lowest BCUT2D eigenvalue weighted by atomic mass is 9.97. The molecule has 0 aliphatic rings. The largest absolute Gasteiger partial charge is 0.507 e. The normalized spacial score (nSPS) is 10.5. The summed E-state index contributed by atoms with van der Waals surface area (Å²) in [5, 5.41) is 27.5. The minimum atomic E-state index is -0.567. The molecule has 0 saturated carbocycles. The number of aromatic amines is 1. The number of aromatic nitrogens is 2. The lowest BCUT2D eigenvalue weighted by Crippen LogP contribution is -2.06. The Bertz CT molecular complexity index is 1360. The molecule has 1 aromatic heterocycles. The van der Waals surface area contributed by atoms with Crippen LogP contribution in [0.1, 0.15) is 28.5 Å². The second-order valence-electron chi connectivity index (χ2n) is 7.33. The van der Waals surface area contributed by atoms with E-state index in [2.05, 4.69) is 16.3 Å². The molecule has 2 N–H and O–H groups in total. The fourth-order valence-electron chi connectivity index (χ4n) is 3.43. The molecule has 34 heavy (non-hydrogen) atoms. The number of hydrogen-bond donors (Lipinski definition) is 2. The van der Waals surface area contributed by atoms with Crippen LogP contribution in [0.5, 0.6) is 11.5 Å². The molecular formula is C26H20ClN3O4. The topological polar surface area (TPSA) is 108 Å². The molecule has 0 aliphatic heterocycles. The number of halogens is 1. The van der Waals surface area contributed by atoms with Crippen LogP contribution in [0.15, 0.2) is 66.7 Å². The monoisotopic (exact) mass is 473 g/mol. The van der Waals surface area contributed by atoms with Crippen molar-refractivity contribution in [2.45, 2.75) is 13.5 Å². The molecule has 170 valence electrons. The van der Waals surface area contributed by atoms with Crippen LogP contribution in [0.25, 0.3) is 22.4 Å². The molecule has 8 heteroatoms. The number of esters is 1. The van der Waals surface area contributed by atoms with E-state index in [1.807, 2.05) is 12.1 Å². The Morgan fingerprint density at radius 3 is 2.50 bits per heavy atom. The third kappa shape index (κ3) is 4.87. The molecule has 0 atom stereocenters. The van der Waals surface area contributed by atoms with Crippen LogP contribution in [-0.2, 0) is 11.3 Å². The van der Waals surface area contributed by atoms with Crippen LogP contribution >= 0.6 is 11.6 Å². The summed E-state index contributed by atoms with van der Waals surface area (Å²) in [7, 11) is 0. The molecule has 4 rings (SSSR count). The van der Waals surface area contributed by atoms with Crippen LogP contribution in [-0.4, -0.2) is 27.9 Å². The Hall–Kier alpha value is -4.28. The van der Waals surface area contributed by atoms with E-state index in [-0.39, 0.29) is 18.1 Å². The predicted molar refractivity (Wildman–Crippen MR) is 128 cm³/mol. The van der Waals surface area contributed by atoms with Crippen LogP contribution < -0.4 is 4.74 Å². The highest BCUT2D eigenvalue weighted by molar-refractivity contribution is 6.30. The number of benzene rings is 3. The summed E-state index contributed by atoms with van der Waals surface area (Å²) in [5.41, 5.74) is 3.46. The Kier molecular flexibility index (Phi) is 6.81. The number of H-pyrrole nitrogens is 1. The summed E-state index contributed by atoms with van der Waals surface area (Å²) in [5.74, 6) is -0.161. The first-order chi connectivity index (χ1) is 16.5. The third-order valence-corrected chi connectivity index (χ3v) is 5.34. The van der Waals surface area contributed by atoms with Crippen LogP contribution in [0.4, 0.5) is 0 Å². The molecule has 0 amide bonds. The molecular weight excluding hydrogens is 454 g/mol. The maximum absolute atomic E-state index is 12.5. The zero-order chi connectivity index (χ0) is 24.1. The van der Waals surface area contributed by atoms with Gasteiger partial charge in [0.1, 0.15) is 23.8 Å². The van der Waals surface area contributed by atoms with Gasteiger partial charge in [0.25, 0.3) is 0 Å². The summed E-state index contributed by atoms with van der Waals surface area (Å²) in [6.07, 6.45) is 0. The standard InChI is InChI=1S/C26H20ClN3O4/c1-2-33-26(32)25-23(18-7-3-16(14-28)4-8-18)24(29-30-25)21-12-11-20(13-22(21)31)34-15-17-5-9-19(27)10-6-17/h3-13,31H,2,15H2,1H3,(H,29,30). The lowest BCUT2D eigenvalue weighted by Gasteiger charge is -2.11. The molecule has 0 saturated heterocycles. The van der Waals surface area contributed by atoms with E-state index in [0.29, 0.717) is 45.3 Å². The fraction of sp³-hybridized carbons (Fsp3) is 0.115. The van der Waals surface area contributed by atoms with Gasteiger partial charge < -0.3 is 14.6 Å². The van der Waals surface area contributed by atoms with E-state index in [4.69, 9.17) is 26.3 Å². The summed E-state index contributed by atoms with van der Waals surface area (Å²) < 4.78 is 10.9. The van der Waals surface area contributed by atoms with Crippen molar-refractivity contribution in [1.82, 2.24) is 10.2 Å². The zero-order valence-electron chi connectivity index (χ0n) is 18.2. The minimum Gasteiger partial charge on any atom is -0.507 e. The maximum Gasteiger partial charge on any atom is 0.357 e. The molecule has 4 aromatic rings. The molecule has 0 fully saturated rings. The first-order valence-corrected chi connectivity index (χ1v) is 10.8. The number of rotatable bonds is 7. The van der Waals surface area contributed by atoms with E-state index in [1.54, 1.807) is 55.5 Å². The Labute approximate surface area is 201 Å². The number of aromatic hydroxyl groups is 1. The summed E-state index contributed by atoms with van der Waals surface area (Å²) in [6, 6.07) is 21.0. The number of phenols is 1. The van der Waals surface area contributed by atoms with E-state index in [0.717, 1.165) is 5.56 Å². The second-order valence-corrected chi connectivity index (χ2v) is 7.76. The van der Waals surface area contributed by atoms with Gasteiger partial charge >= 0.3 is 5.97 Å². The second kappa shape index (κ2) is 10.1.